The lowest BCUT2D eigenvalue weighted by Gasteiger charge is -2.29. The van der Waals surface area contributed by atoms with Gasteiger partial charge in [0.05, 0.1) is 15.9 Å². The first-order valence-electron chi connectivity index (χ1n) is 9.38. The van der Waals surface area contributed by atoms with Gasteiger partial charge in [-0.2, -0.15) is 0 Å². The van der Waals surface area contributed by atoms with Crippen LogP contribution in [0.25, 0.3) is 11.0 Å². The van der Waals surface area contributed by atoms with Gasteiger partial charge in [0.2, 0.25) is 10.0 Å². The summed E-state index contributed by atoms with van der Waals surface area (Å²) >= 11 is 0. The zero-order chi connectivity index (χ0) is 20.4. The summed E-state index contributed by atoms with van der Waals surface area (Å²) in [6, 6.07) is 13.2. The molecule has 9 heteroatoms. The number of benzene rings is 2. The summed E-state index contributed by atoms with van der Waals surface area (Å²) in [4.78, 5) is 24.3. The Balaban J connectivity index is 1.73. The van der Waals surface area contributed by atoms with E-state index in [9.17, 15) is 13.2 Å². The molecule has 1 aliphatic rings. The van der Waals surface area contributed by atoms with E-state index in [2.05, 4.69) is 15.2 Å². The summed E-state index contributed by atoms with van der Waals surface area (Å²) in [6.07, 6.45) is 3.22. The fraction of sp³-hybridized carbons (Fsp3) is 0.250. The first kappa shape index (κ1) is 19.3. The third-order valence-electron chi connectivity index (χ3n) is 4.84. The van der Waals surface area contributed by atoms with Gasteiger partial charge in [-0.05, 0) is 49.6 Å². The van der Waals surface area contributed by atoms with Crippen molar-refractivity contribution in [1.29, 1.82) is 0 Å². The third kappa shape index (κ3) is 4.20. The van der Waals surface area contributed by atoms with E-state index in [0.29, 0.717) is 17.0 Å². The number of hydrogen-bond donors (Lipinski definition) is 2. The van der Waals surface area contributed by atoms with Crippen LogP contribution < -0.4 is 15.4 Å². The average Bonchev–Trinajstić information content (AvgIpc) is 2.73. The lowest BCUT2D eigenvalue weighted by atomic mass is 10.1. The normalized spacial score (nSPS) is 14.7. The van der Waals surface area contributed by atoms with Gasteiger partial charge in [0.1, 0.15) is 0 Å². The second kappa shape index (κ2) is 7.76. The summed E-state index contributed by atoms with van der Waals surface area (Å²) in [6.45, 7) is 1.63. The van der Waals surface area contributed by atoms with Gasteiger partial charge in [-0.1, -0.05) is 18.2 Å². The van der Waals surface area contributed by atoms with Gasteiger partial charge in [-0.3, -0.25) is 4.79 Å². The number of nitrogens with two attached hydrogens (primary N) is 1. The number of rotatable bonds is 4. The van der Waals surface area contributed by atoms with Crippen LogP contribution in [0.4, 0.5) is 11.5 Å². The molecule has 2 aromatic carbocycles. The smallest absolute Gasteiger partial charge is 0.278 e. The molecule has 0 radical (unpaired) electrons. The van der Waals surface area contributed by atoms with Gasteiger partial charge in [0, 0.05) is 18.8 Å². The van der Waals surface area contributed by atoms with E-state index in [1.807, 2.05) is 18.2 Å². The third-order valence-corrected chi connectivity index (χ3v) is 5.75. The Morgan fingerprint density at radius 2 is 1.66 bits per heavy atom. The molecule has 8 nitrogen and oxygen atoms in total. The Kier molecular flexibility index (Phi) is 5.16. The number of para-hydroxylation sites is 2. The van der Waals surface area contributed by atoms with E-state index in [1.54, 1.807) is 12.1 Å². The number of hydrogen-bond acceptors (Lipinski definition) is 6. The number of sulfonamides is 1. The number of amides is 1. The molecule has 0 aliphatic carbocycles. The SMILES string of the molecule is NS(=O)(=O)c1cccc(NC(=O)c2nc3ccccc3nc2N2CCCCC2)c1. The van der Waals surface area contributed by atoms with E-state index < -0.39 is 15.9 Å². The van der Waals surface area contributed by atoms with Crippen LogP contribution in [-0.2, 0) is 10.0 Å². The summed E-state index contributed by atoms with van der Waals surface area (Å²) in [7, 11) is -3.87. The van der Waals surface area contributed by atoms with Crippen LogP contribution in [0.2, 0.25) is 0 Å². The number of carbonyl (C=O) groups excluding carboxylic acids is 1. The Bertz CT molecular complexity index is 1170. The molecule has 3 aromatic rings. The molecule has 29 heavy (non-hydrogen) atoms. The molecule has 3 N–H and O–H groups in total. The predicted molar refractivity (Wildman–Crippen MR) is 111 cm³/mol. The van der Waals surface area contributed by atoms with Crippen molar-refractivity contribution in [2.45, 2.75) is 24.2 Å². The Hall–Kier alpha value is -3.04. The Labute approximate surface area is 168 Å². The van der Waals surface area contributed by atoms with Crippen molar-refractivity contribution < 1.29 is 13.2 Å². The zero-order valence-electron chi connectivity index (χ0n) is 15.7. The van der Waals surface area contributed by atoms with Crippen LogP contribution in [0.1, 0.15) is 29.8 Å². The van der Waals surface area contributed by atoms with Crippen LogP contribution >= 0.6 is 0 Å². The minimum Gasteiger partial charge on any atom is -0.355 e. The molecule has 4 rings (SSSR count). The topological polar surface area (TPSA) is 118 Å². The zero-order valence-corrected chi connectivity index (χ0v) is 16.5. The summed E-state index contributed by atoms with van der Waals surface area (Å²) in [5.41, 5.74) is 1.88. The predicted octanol–water partition coefficient (Wildman–Crippen LogP) is 2.52. The van der Waals surface area contributed by atoms with E-state index in [4.69, 9.17) is 10.1 Å². The molecule has 0 atom stereocenters. The first-order valence-corrected chi connectivity index (χ1v) is 10.9. The van der Waals surface area contributed by atoms with E-state index in [-0.39, 0.29) is 10.6 Å². The minimum absolute atomic E-state index is 0.0730. The molecular weight excluding hydrogens is 390 g/mol. The summed E-state index contributed by atoms with van der Waals surface area (Å²) in [5.74, 6) is 0.0962. The van der Waals surface area contributed by atoms with Crippen LogP contribution in [0.5, 0.6) is 0 Å². The maximum Gasteiger partial charge on any atom is 0.278 e. The number of nitrogens with zero attached hydrogens (tertiary/aromatic N) is 3. The number of aromatic nitrogens is 2. The molecule has 1 aliphatic heterocycles. The molecule has 1 fully saturated rings. The van der Waals surface area contributed by atoms with Gasteiger partial charge >= 0.3 is 0 Å². The van der Waals surface area contributed by atoms with Crippen molar-refractivity contribution in [3.63, 3.8) is 0 Å². The minimum atomic E-state index is -3.87. The van der Waals surface area contributed by atoms with Gasteiger partial charge in [-0.25, -0.2) is 23.5 Å². The average molecular weight is 411 g/mol. The molecule has 0 spiro atoms. The lowest BCUT2D eigenvalue weighted by Crippen LogP contribution is -2.33. The quantitative estimate of drug-likeness (QED) is 0.681. The number of primary sulfonamides is 1. The Morgan fingerprint density at radius 1 is 0.966 bits per heavy atom. The van der Waals surface area contributed by atoms with Crippen LogP contribution in [0.15, 0.2) is 53.4 Å². The first-order chi connectivity index (χ1) is 13.9. The highest BCUT2D eigenvalue weighted by molar-refractivity contribution is 7.89. The maximum atomic E-state index is 13.1. The molecule has 1 aromatic heterocycles. The maximum absolute atomic E-state index is 13.1. The highest BCUT2D eigenvalue weighted by atomic mass is 32.2. The second-order valence-electron chi connectivity index (χ2n) is 6.96. The van der Waals surface area contributed by atoms with Crippen molar-refractivity contribution in [1.82, 2.24) is 9.97 Å². The fourth-order valence-electron chi connectivity index (χ4n) is 3.41. The van der Waals surface area contributed by atoms with Crippen molar-refractivity contribution in [3.05, 3.63) is 54.2 Å². The molecule has 0 bridgehead atoms. The van der Waals surface area contributed by atoms with Gasteiger partial charge in [0.25, 0.3) is 5.91 Å². The van der Waals surface area contributed by atoms with Gasteiger partial charge < -0.3 is 10.2 Å². The molecule has 1 saturated heterocycles. The molecular formula is C20H21N5O3S. The summed E-state index contributed by atoms with van der Waals surface area (Å²) in [5, 5.41) is 7.91. The fourth-order valence-corrected chi connectivity index (χ4v) is 3.97. The standard InChI is InChI=1S/C20H21N5O3S/c21-29(27,28)15-8-6-7-14(13-15)22-20(26)18-19(25-11-4-1-5-12-25)24-17-10-3-2-9-16(17)23-18/h2-3,6-10,13H,1,4-5,11-12H2,(H,22,26)(H2,21,27,28). The van der Waals surface area contributed by atoms with E-state index in [1.165, 1.54) is 18.2 Å². The van der Waals surface area contributed by atoms with Crippen LogP contribution in [-0.4, -0.2) is 37.4 Å². The number of fused-ring (bicyclic) bond motifs is 1. The summed E-state index contributed by atoms with van der Waals surface area (Å²) < 4.78 is 23.2. The van der Waals surface area contributed by atoms with Gasteiger partial charge in [0.15, 0.2) is 11.5 Å². The van der Waals surface area contributed by atoms with Crippen molar-refractivity contribution in [2.75, 3.05) is 23.3 Å². The van der Waals surface area contributed by atoms with Gasteiger partial charge in [-0.15, -0.1) is 0 Å². The number of anilines is 2. The number of carbonyl (C=O) groups is 1. The number of piperidine rings is 1. The van der Waals surface area contributed by atoms with E-state index >= 15 is 0 Å². The largest absolute Gasteiger partial charge is 0.355 e. The monoisotopic (exact) mass is 411 g/mol. The highest BCUT2D eigenvalue weighted by Gasteiger charge is 2.23. The van der Waals surface area contributed by atoms with Crippen LogP contribution in [0, 0.1) is 0 Å². The molecule has 0 unspecified atom stereocenters. The molecule has 1 amide bonds. The second-order valence-corrected chi connectivity index (χ2v) is 8.52. The number of nitrogens with one attached hydrogen (secondary N) is 1. The van der Waals surface area contributed by atoms with Crippen molar-refractivity contribution in [2.24, 2.45) is 5.14 Å². The van der Waals surface area contributed by atoms with Crippen LogP contribution in [0.3, 0.4) is 0 Å². The Morgan fingerprint density at radius 3 is 2.34 bits per heavy atom. The van der Waals surface area contributed by atoms with Crippen molar-refractivity contribution >= 4 is 38.5 Å². The lowest BCUT2D eigenvalue weighted by molar-refractivity contribution is 0.102. The molecule has 150 valence electrons. The molecule has 0 saturated carbocycles. The highest BCUT2D eigenvalue weighted by Crippen LogP contribution is 2.25. The van der Waals surface area contributed by atoms with Crippen molar-refractivity contribution in [3.8, 4) is 0 Å². The van der Waals surface area contributed by atoms with E-state index in [0.717, 1.165) is 37.9 Å². The molecule has 2 heterocycles.